The lowest BCUT2D eigenvalue weighted by molar-refractivity contribution is -0.389. The summed E-state index contributed by atoms with van der Waals surface area (Å²) in [5.74, 6) is -0.659. The van der Waals surface area contributed by atoms with Crippen LogP contribution in [0.25, 0.3) is 0 Å². The Balaban J connectivity index is 2.48. The maximum Gasteiger partial charge on any atom is 0.389 e. The molecule has 1 heterocycles. The molecule has 0 aliphatic rings. The number of hydrogen-bond donors (Lipinski definition) is 0. The van der Waals surface area contributed by atoms with Gasteiger partial charge in [-0.25, -0.2) is 4.79 Å². The second kappa shape index (κ2) is 5.64. The molecule has 0 bridgehead atoms. The molecule has 0 atom stereocenters. The number of hydrogen-bond acceptors (Lipinski definition) is 5. The third kappa shape index (κ3) is 3.52. The van der Waals surface area contributed by atoms with Gasteiger partial charge in [0.05, 0.1) is 30.5 Å². The van der Waals surface area contributed by atoms with Gasteiger partial charge in [-0.15, -0.1) is 0 Å². The van der Waals surface area contributed by atoms with Crippen molar-refractivity contribution in [2.45, 2.75) is 13.5 Å². The van der Waals surface area contributed by atoms with E-state index in [-0.39, 0.29) is 12.4 Å². The number of carbonyl (C=O) groups is 1. The molecule has 0 fully saturated rings. The summed E-state index contributed by atoms with van der Waals surface area (Å²) in [6.07, 6.45) is 4.25. The number of carbonyl (C=O) groups excluding carboxylic acids is 1. The zero-order chi connectivity index (χ0) is 12.0. The van der Waals surface area contributed by atoms with Crippen LogP contribution in [0.15, 0.2) is 24.4 Å². The maximum atomic E-state index is 10.9. The first-order valence-corrected chi connectivity index (χ1v) is 4.64. The Morgan fingerprint density at radius 3 is 3.06 bits per heavy atom. The van der Waals surface area contributed by atoms with Gasteiger partial charge in [-0.3, -0.25) is 0 Å². The molecule has 0 aliphatic carbocycles. The van der Waals surface area contributed by atoms with Crippen LogP contribution >= 0.6 is 0 Å². The van der Waals surface area contributed by atoms with E-state index in [0.29, 0.717) is 6.61 Å². The van der Waals surface area contributed by atoms with E-state index >= 15 is 0 Å². The average Bonchev–Trinajstić information content (AvgIpc) is 2.67. The summed E-state index contributed by atoms with van der Waals surface area (Å²) in [5.41, 5.74) is 0. The maximum absolute atomic E-state index is 10.9. The van der Waals surface area contributed by atoms with Crippen molar-refractivity contribution in [2.24, 2.45) is 0 Å². The Kier molecular flexibility index (Phi) is 4.19. The third-order valence-electron chi connectivity index (χ3n) is 1.65. The fourth-order valence-corrected chi connectivity index (χ4v) is 0.997. The van der Waals surface area contributed by atoms with Gasteiger partial charge in [0.15, 0.2) is 0 Å². The second-order valence-corrected chi connectivity index (χ2v) is 2.81. The minimum absolute atomic E-state index is 0.218. The van der Waals surface area contributed by atoms with Crippen LogP contribution in [0, 0.1) is 10.1 Å². The molecule has 0 unspecified atom stereocenters. The van der Waals surface area contributed by atoms with Gasteiger partial charge in [0.1, 0.15) is 0 Å². The van der Waals surface area contributed by atoms with Gasteiger partial charge in [-0.2, -0.15) is 4.68 Å². The van der Waals surface area contributed by atoms with Crippen molar-refractivity contribution in [1.29, 1.82) is 0 Å². The SMILES string of the molecule is CCOC(=O)/C=C/Cn1ccc([N+](=O)[O-])n1. The Labute approximate surface area is 91.5 Å². The van der Waals surface area contributed by atoms with Crippen molar-refractivity contribution in [1.82, 2.24) is 9.78 Å². The van der Waals surface area contributed by atoms with Crippen molar-refractivity contribution in [3.8, 4) is 0 Å². The highest BCUT2D eigenvalue weighted by molar-refractivity contribution is 5.81. The van der Waals surface area contributed by atoms with Crippen LogP contribution in [0.1, 0.15) is 6.92 Å². The van der Waals surface area contributed by atoms with Gasteiger partial charge in [-0.1, -0.05) is 6.08 Å². The van der Waals surface area contributed by atoms with Gasteiger partial charge >= 0.3 is 11.8 Å². The first kappa shape index (κ1) is 11.9. The number of ether oxygens (including phenoxy) is 1. The topological polar surface area (TPSA) is 87.3 Å². The first-order valence-electron chi connectivity index (χ1n) is 4.64. The quantitative estimate of drug-likeness (QED) is 0.321. The summed E-state index contributed by atoms with van der Waals surface area (Å²) in [6.45, 7) is 2.31. The third-order valence-corrected chi connectivity index (χ3v) is 1.65. The summed E-state index contributed by atoms with van der Waals surface area (Å²) < 4.78 is 6.01. The smallest absolute Gasteiger partial charge is 0.389 e. The molecule has 0 aliphatic heterocycles. The van der Waals surface area contributed by atoms with Crippen LogP contribution in [0.4, 0.5) is 5.82 Å². The number of nitro groups is 1. The molecule has 1 aromatic heterocycles. The Bertz CT molecular complexity index is 411. The molecule has 0 saturated carbocycles. The minimum Gasteiger partial charge on any atom is -0.463 e. The highest BCUT2D eigenvalue weighted by Gasteiger charge is 2.09. The number of nitrogens with zero attached hydrogens (tertiary/aromatic N) is 3. The molecule has 7 nitrogen and oxygen atoms in total. The van der Waals surface area contributed by atoms with Gasteiger partial charge in [0.25, 0.3) is 0 Å². The molecule has 16 heavy (non-hydrogen) atoms. The van der Waals surface area contributed by atoms with Gasteiger partial charge in [-0.05, 0) is 11.8 Å². The summed E-state index contributed by atoms with van der Waals surface area (Å²) >= 11 is 0. The second-order valence-electron chi connectivity index (χ2n) is 2.81. The molecule has 1 aromatic rings. The molecule has 0 radical (unpaired) electrons. The van der Waals surface area contributed by atoms with Crippen molar-refractivity contribution in [3.63, 3.8) is 0 Å². The van der Waals surface area contributed by atoms with E-state index < -0.39 is 10.9 Å². The summed E-state index contributed by atoms with van der Waals surface area (Å²) in [6, 6.07) is 1.29. The van der Waals surface area contributed by atoms with Gasteiger partial charge in [0, 0.05) is 6.08 Å². The summed E-state index contributed by atoms with van der Waals surface area (Å²) in [5, 5.41) is 14.0. The van der Waals surface area contributed by atoms with Crippen LogP contribution in [0.5, 0.6) is 0 Å². The number of aromatic nitrogens is 2. The fraction of sp³-hybridized carbons (Fsp3) is 0.333. The van der Waals surface area contributed by atoms with Crippen molar-refractivity contribution < 1.29 is 14.5 Å². The molecule has 0 amide bonds. The molecular weight excluding hydrogens is 214 g/mol. The first-order chi connectivity index (χ1) is 7.63. The van der Waals surface area contributed by atoms with E-state index in [1.807, 2.05) is 0 Å². The Morgan fingerprint density at radius 1 is 1.75 bits per heavy atom. The highest BCUT2D eigenvalue weighted by Crippen LogP contribution is 2.04. The largest absolute Gasteiger partial charge is 0.463 e. The molecule has 7 heteroatoms. The van der Waals surface area contributed by atoms with Gasteiger partial charge in [0.2, 0.25) is 0 Å². The van der Waals surface area contributed by atoms with Crippen LogP contribution in [-0.4, -0.2) is 27.3 Å². The predicted molar refractivity (Wildman–Crippen MR) is 54.7 cm³/mol. The van der Waals surface area contributed by atoms with Gasteiger partial charge < -0.3 is 14.9 Å². The molecular formula is C9H11N3O4. The lowest BCUT2D eigenvalue weighted by Gasteiger charge is -1.93. The summed E-state index contributed by atoms with van der Waals surface area (Å²) in [7, 11) is 0. The zero-order valence-corrected chi connectivity index (χ0v) is 8.70. The molecule has 1 rings (SSSR count). The Hall–Kier alpha value is -2.18. The number of allylic oxidation sites excluding steroid dienone is 1. The zero-order valence-electron chi connectivity index (χ0n) is 8.70. The fourth-order valence-electron chi connectivity index (χ4n) is 0.997. The Morgan fingerprint density at radius 2 is 2.50 bits per heavy atom. The monoisotopic (exact) mass is 225 g/mol. The van der Waals surface area contributed by atoms with Crippen LogP contribution in [0.3, 0.4) is 0 Å². The number of rotatable bonds is 5. The molecule has 0 aromatic carbocycles. The van der Waals surface area contributed by atoms with Crippen LogP contribution in [-0.2, 0) is 16.1 Å². The normalized spacial score (nSPS) is 10.6. The van der Waals surface area contributed by atoms with E-state index in [1.54, 1.807) is 6.92 Å². The average molecular weight is 225 g/mol. The van der Waals surface area contributed by atoms with E-state index in [9.17, 15) is 14.9 Å². The minimum atomic E-state index is -0.578. The lowest BCUT2D eigenvalue weighted by atomic mass is 10.5. The summed E-state index contributed by atoms with van der Waals surface area (Å²) in [4.78, 5) is 20.6. The van der Waals surface area contributed by atoms with E-state index in [1.165, 1.54) is 29.1 Å². The number of esters is 1. The van der Waals surface area contributed by atoms with E-state index in [4.69, 9.17) is 0 Å². The van der Waals surface area contributed by atoms with Crippen LogP contribution < -0.4 is 0 Å². The van der Waals surface area contributed by atoms with Crippen molar-refractivity contribution in [2.75, 3.05) is 6.61 Å². The van der Waals surface area contributed by atoms with Crippen molar-refractivity contribution >= 4 is 11.8 Å². The molecule has 0 spiro atoms. The highest BCUT2D eigenvalue weighted by atomic mass is 16.6. The molecule has 86 valence electrons. The predicted octanol–water partition coefficient (Wildman–Crippen LogP) is 0.911. The molecule has 0 N–H and O–H groups in total. The standard InChI is InChI=1S/C9H11N3O4/c1-2-16-9(13)4-3-6-11-7-5-8(10-11)12(14)15/h3-5,7H,2,6H2,1H3/b4-3+. The lowest BCUT2D eigenvalue weighted by Crippen LogP contribution is -2.01. The van der Waals surface area contributed by atoms with E-state index in [2.05, 4.69) is 9.84 Å². The van der Waals surface area contributed by atoms with E-state index in [0.717, 1.165) is 0 Å². The molecule has 0 saturated heterocycles. The van der Waals surface area contributed by atoms with Crippen LogP contribution in [0.2, 0.25) is 0 Å². The van der Waals surface area contributed by atoms with Crippen molar-refractivity contribution in [3.05, 3.63) is 34.5 Å².